The van der Waals surface area contributed by atoms with E-state index in [1.807, 2.05) is 12.1 Å². The molecule has 0 aliphatic carbocycles. The SMILES string of the molecule is CC(C)(C)CC(C)(C)c1ccc(NNc2c([N+](=O)[O-])cc([N+](=O)[O-])cc2[N+](=O)[O-])cc1. The van der Waals surface area contributed by atoms with E-state index in [1.165, 1.54) is 0 Å². The number of benzene rings is 2. The van der Waals surface area contributed by atoms with Gasteiger partial charge >= 0.3 is 11.4 Å². The Hall–Kier alpha value is -3.76. The van der Waals surface area contributed by atoms with Crippen LogP contribution in [0.3, 0.4) is 0 Å². The number of nitrogens with zero attached hydrogens (tertiary/aromatic N) is 3. The zero-order valence-electron chi connectivity index (χ0n) is 18.0. The Morgan fingerprint density at radius 2 is 1.26 bits per heavy atom. The van der Waals surface area contributed by atoms with Crippen LogP contribution in [0.4, 0.5) is 28.4 Å². The average molecular weight is 431 g/mol. The van der Waals surface area contributed by atoms with Crippen LogP contribution in [0.1, 0.15) is 46.6 Å². The maximum Gasteiger partial charge on any atom is 0.308 e. The van der Waals surface area contributed by atoms with E-state index in [2.05, 4.69) is 45.5 Å². The van der Waals surface area contributed by atoms with Crippen LogP contribution >= 0.6 is 0 Å². The molecule has 0 radical (unpaired) electrons. The van der Waals surface area contributed by atoms with Crippen LogP contribution in [-0.4, -0.2) is 14.8 Å². The molecule has 0 aromatic heterocycles. The Balaban J connectivity index is 2.31. The zero-order chi connectivity index (χ0) is 23.6. The summed E-state index contributed by atoms with van der Waals surface area (Å²) in [7, 11) is 0. The van der Waals surface area contributed by atoms with Crippen LogP contribution in [-0.2, 0) is 5.41 Å². The fraction of sp³-hybridized carbons (Fsp3) is 0.400. The molecule has 0 spiro atoms. The Kier molecular flexibility index (Phi) is 6.48. The second kappa shape index (κ2) is 8.54. The first kappa shape index (κ1) is 23.5. The van der Waals surface area contributed by atoms with Crippen molar-refractivity contribution >= 4 is 28.4 Å². The maximum absolute atomic E-state index is 11.3. The highest BCUT2D eigenvalue weighted by atomic mass is 16.6. The maximum atomic E-state index is 11.3. The van der Waals surface area contributed by atoms with Gasteiger partial charge in [0.05, 0.1) is 32.6 Å². The first-order valence-corrected chi connectivity index (χ1v) is 9.45. The van der Waals surface area contributed by atoms with Crippen molar-refractivity contribution in [3.63, 3.8) is 0 Å². The lowest BCUT2D eigenvalue weighted by Crippen LogP contribution is -2.24. The number of non-ortho nitro benzene ring substituents is 1. The largest absolute Gasteiger partial charge is 0.308 e. The molecule has 0 bridgehead atoms. The second-order valence-corrected chi connectivity index (χ2v) is 9.08. The fourth-order valence-electron chi connectivity index (χ4n) is 3.69. The molecular weight excluding hydrogens is 406 g/mol. The lowest BCUT2D eigenvalue weighted by Gasteiger charge is -2.33. The molecule has 2 aromatic rings. The number of hydrogen-bond donors (Lipinski definition) is 2. The van der Waals surface area contributed by atoms with Crippen molar-refractivity contribution in [2.45, 2.75) is 46.5 Å². The van der Waals surface area contributed by atoms with Gasteiger partial charge in [-0.2, -0.15) is 0 Å². The molecule has 0 saturated heterocycles. The van der Waals surface area contributed by atoms with Crippen LogP contribution in [0.25, 0.3) is 0 Å². The van der Waals surface area contributed by atoms with Gasteiger partial charge in [-0.3, -0.25) is 35.8 Å². The highest BCUT2D eigenvalue weighted by Crippen LogP contribution is 2.39. The van der Waals surface area contributed by atoms with Crippen LogP contribution in [0.2, 0.25) is 0 Å². The minimum Gasteiger partial charge on any atom is -0.301 e. The number of nitro groups is 3. The molecule has 0 unspecified atom stereocenters. The van der Waals surface area contributed by atoms with Crippen molar-refractivity contribution < 1.29 is 14.8 Å². The Morgan fingerprint density at radius 1 is 0.774 bits per heavy atom. The smallest absolute Gasteiger partial charge is 0.301 e. The van der Waals surface area contributed by atoms with Gasteiger partial charge in [0.25, 0.3) is 5.69 Å². The molecule has 11 heteroatoms. The summed E-state index contributed by atoms with van der Waals surface area (Å²) in [5.74, 6) is 0. The zero-order valence-corrected chi connectivity index (χ0v) is 18.0. The van der Waals surface area contributed by atoms with Crippen LogP contribution < -0.4 is 10.9 Å². The van der Waals surface area contributed by atoms with Gasteiger partial charge < -0.3 is 5.43 Å². The van der Waals surface area contributed by atoms with E-state index in [1.54, 1.807) is 12.1 Å². The number of anilines is 2. The van der Waals surface area contributed by atoms with Crippen molar-refractivity contribution in [2.24, 2.45) is 5.41 Å². The van der Waals surface area contributed by atoms with Gasteiger partial charge in [-0.1, -0.05) is 46.8 Å². The number of hydrogen-bond acceptors (Lipinski definition) is 8. The van der Waals surface area contributed by atoms with Gasteiger partial charge in [-0.15, -0.1) is 0 Å². The summed E-state index contributed by atoms with van der Waals surface area (Å²) < 4.78 is 0. The van der Waals surface area contributed by atoms with E-state index < -0.39 is 37.5 Å². The van der Waals surface area contributed by atoms with Gasteiger partial charge in [0, 0.05) is 0 Å². The first-order valence-electron chi connectivity index (χ1n) is 9.45. The third-order valence-electron chi connectivity index (χ3n) is 4.66. The Morgan fingerprint density at radius 3 is 1.65 bits per heavy atom. The first-order chi connectivity index (χ1) is 14.2. The predicted molar refractivity (Wildman–Crippen MR) is 117 cm³/mol. The molecule has 0 atom stereocenters. The van der Waals surface area contributed by atoms with Crippen molar-refractivity contribution in [1.29, 1.82) is 0 Å². The second-order valence-electron chi connectivity index (χ2n) is 9.08. The van der Waals surface area contributed by atoms with Crippen molar-refractivity contribution in [3.05, 3.63) is 72.3 Å². The number of rotatable bonds is 8. The van der Waals surface area contributed by atoms with Crippen molar-refractivity contribution in [3.8, 4) is 0 Å². The van der Waals surface area contributed by atoms with E-state index in [9.17, 15) is 30.3 Å². The third-order valence-corrected chi connectivity index (χ3v) is 4.66. The molecule has 2 rings (SSSR count). The lowest BCUT2D eigenvalue weighted by atomic mass is 9.72. The Bertz CT molecular complexity index is 977. The number of hydrazine groups is 1. The normalized spacial score (nSPS) is 11.6. The molecule has 0 aliphatic rings. The monoisotopic (exact) mass is 431 g/mol. The van der Waals surface area contributed by atoms with Crippen LogP contribution in [0, 0.1) is 35.8 Å². The van der Waals surface area contributed by atoms with Gasteiger partial charge in [-0.25, -0.2) is 0 Å². The molecule has 166 valence electrons. The molecule has 0 fully saturated rings. The van der Waals surface area contributed by atoms with E-state index in [4.69, 9.17) is 0 Å². The molecule has 0 heterocycles. The summed E-state index contributed by atoms with van der Waals surface area (Å²) in [4.78, 5) is 30.9. The molecule has 2 N–H and O–H groups in total. The minimum atomic E-state index is -0.921. The van der Waals surface area contributed by atoms with Crippen molar-refractivity contribution in [2.75, 3.05) is 10.9 Å². The van der Waals surface area contributed by atoms with Gasteiger partial charge in [0.15, 0.2) is 0 Å². The van der Waals surface area contributed by atoms with Crippen LogP contribution in [0.5, 0.6) is 0 Å². The Labute approximate surface area is 178 Å². The van der Waals surface area contributed by atoms with E-state index in [-0.39, 0.29) is 10.8 Å². The van der Waals surface area contributed by atoms with Crippen LogP contribution in [0.15, 0.2) is 36.4 Å². The molecule has 11 nitrogen and oxygen atoms in total. The molecule has 2 aromatic carbocycles. The summed E-state index contributed by atoms with van der Waals surface area (Å²) in [5.41, 5.74) is 4.05. The molecule has 0 amide bonds. The number of nitro benzene ring substituents is 3. The highest BCUT2D eigenvalue weighted by Gasteiger charge is 2.31. The predicted octanol–water partition coefficient (Wildman–Crippen LogP) is 5.56. The quantitative estimate of drug-likeness (QED) is 0.406. The summed E-state index contributed by atoms with van der Waals surface area (Å²) in [5, 5.41) is 33.7. The fourth-order valence-corrected chi connectivity index (χ4v) is 3.69. The summed E-state index contributed by atoms with van der Waals surface area (Å²) >= 11 is 0. The van der Waals surface area contributed by atoms with E-state index in [0.29, 0.717) is 17.8 Å². The molecule has 31 heavy (non-hydrogen) atoms. The van der Waals surface area contributed by atoms with E-state index in [0.717, 1.165) is 12.0 Å². The van der Waals surface area contributed by atoms with Crippen molar-refractivity contribution in [1.82, 2.24) is 0 Å². The van der Waals surface area contributed by atoms with E-state index >= 15 is 0 Å². The molecular formula is C20H25N5O6. The average Bonchev–Trinajstić information content (AvgIpc) is 2.63. The number of nitrogens with one attached hydrogen (secondary N) is 2. The minimum absolute atomic E-state index is 0.0832. The summed E-state index contributed by atoms with van der Waals surface area (Å²) in [6, 6.07) is 8.67. The topological polar surface area (TPSA) is 153 Å². The molecule has 0 aliphatic heterocycles. The van der Waals surface area contributed by atoms with Gasteiger partial charge in [-0.05, 0) is 34.9 Å². The highest BCUT2D eigenvalue weighted by molar-refractivity contribution is 5.78. The summed E-state index contributed by atoms with van der Waals surface area (Å²) in [6.07, 6.45) is 0.951. The molecule has 0 saturated carbocycles. The summed E-state index contributed by atoms with van der Waals surface area (Å²) in [6.45, 7) is 10.8. The lowest BCUT2D eigenvalue weighted by molar-refractivity contribution is -0.401. The third kappa shape index (κ3) is 5.87. The van der Waals surface area contributed by atoms with Gasteiger partial charge in [0.2, 0.25) is 5.69 Å². The standard InChI is InChI=1S/C20H25N5O6/c1-19(2,3)12-20(4,5)13-6-8-14(9-7-13)21-22-18-16(24(28)29)10-15(23(26)27)11-17(18)25(30)31/h6-11,21-22H,12H2,1-5H3. The van der Waals surface area contributed by atoms with Gasteiger partial charge in [0.1, 0.15) is 0 Å².